The van der Waals surface area contributed by atoms with Gasteiger partial charge in [0, 0.05) is 44.4 Å². The minimum Gasteiger partial charge on any atom is -0.489 e. The highest BCUT2D eigenvalue weighted by atomic mass is 16.5. The number of anilines is 1. The number of ketones is 1. The SMILES string of the molecule is CCc1ccc(NC2CCC2)cc1.CCc1ccc2c(c1)C(=O)CC(C1CCOCC1)O2.CO.O. The molecule has 6 nitrogen and oxygen atoms in total. The summed E-state index contributed by atoms with van der Waals surface area (Å²) in [4.78, 5) is 12.3. The number of aryl methyl sites for hydroxylation is 2. The van der Waals surface area contributed by atoms with Crippen LogP contribution in [0.1, 0.15) is 73.9 Å². The van der Waals surface area contributed by atoms with Gasteiger partial charge >= 0.3 is 0 Å². The van der Waals surface area contributed by atoms with Gasteiger partial charge in [-0.15, -0.1) is 0 Å². The summed E-state index contributed by atoms with van der Waals surface area (Å²) in [5.41, 5.74) is 4.66. The number of carbonyl (C=O) groups excluding carboxylic acids is 1. The summed E-state index contributed by atoms with van der Waals surface area (Å²) in [6, 6.07) is 15.5. The van der Waals surface area contributed by atoms with Gasteiger partial charge in [0.25, 0.3) is 0 Å². The Morgan fingerprint density at radius 2 is 1.54 bits per heavy atom. The van der Waals surface area contributed by atoms with Crippen LogP contribution in [-0.2, 0) is 17.6 Å². The van der Waals surface area contributed by atoms with Crippen LogP contribution in [0.4, 0.5) is 5.69 Å². The maximum absolute atomic E-state index is 12.3. The van der Waals surface area contributed by atoms with Crippen LogP contribution >= 0.6 is 0 Å². The van der Waals surface area contributed by atoms with Crippen LogP contribution in [0.3, 0.4) is 0 Å². The van der Waals surface area contributed by atoms with E-state index in [4.69, 9.17) is 14.6 Å². The summed E-state index contributed by atoms with van der Waals surface area (Å²) in [5.74, 6) is 1.45. The fraction of sp³-hybridized carbons (Fsp3) is 0.552. The molecule has 5 rings (SSSR count). The number of hydrogen-bond donors (Lipinski definition) is 2. The molecule has 0 radical (unpaired) electrons. The molecule has 4 N–H and O–H groups in total. The van der Waals surface area contributed by atoms with Crippen LogP contribution in [-0.4, -0.2) is 48.8 Å². The molecule has 35 heavy (non-hydrogen) atoms. The van der Waals surface area contributed by atoms with E-state index in [-0.39, 0.29) is 17.4 Å². The van der Waals surface area contributed by atoms with Gasteiger partial charge in [-0.05, 0) is 80.3 Å². The van der Waals surface area contributed by atoms with Crippen LogP contribution in [0.5, 0.6) is 5.75 Å². The summed E-state index contributed by atoms with van der Waals surface area (Å²) in [6.45, 7) is 5.87. The average molecular weight is 486 g/mol. The van der Waals surface area contributed by atoms with E-state index in [1.165, 1.54) is 36.1 Å². The number of fused-ring (bicyclic) bond motifs is 1. The second-order valence-electron chi connectivity index (χ2n) is 9.24. The van der Waals surface area contributed by atoms with E-state index in [2.05, 4.69) is 49.5 Å². The maximum atomic E-state index is 12.3. The number of Topliss-reactive ketones (excluding diaryl/α,β-unsaturated/α-hetero) is 1. The van der Waals surface area contributed by atoms with E-state index in [0.29, 0.717) is 12.3 Å². The molecule has 194 valence electrons. The summed E-state index contributed by atoms with van der Waals surface area (Å²) in [7, 11) is 1.00. The van der Waals surface area contributed by atoms with Crippen molar-refractivity contribution in [1.82, 2.24) is 0 Å². The third-order valence-electron chi connectivity index (χ3n) is 7.05. The lowest BCUT2D eigenvalue weighted by atomic mass is 9.87. The fourth-order valence-electron chi connectivity index (χ4n) is 4.59. The molecule has 1 unspecified atom stereocenters. The predicted molar refractivity (Wildman–Crippen MR) is 142 cm³/mol. The zero-order chi connectivity index (χ0) is 24.3. The molecule has 1 saturated heterocycles. The van der Waals surface area contributed by atoms with E-state index in [0.717, 1.165) is 63.4 Å². The Balaban J connectivity index is 0.000000237. The Bertz CT molecular complexity index is 888. The normalized spacial score (nSPS) is 19.3. The van der Waals surface area contributed by atoms with Crippen LogP contribution in [0.25, 0.3) is 0 Å². The average Bonchev–Trinajstić information content (AvgIpc) is 2.88. The molecule has 3 aliphatic rings. The van der Waals surface area contributed by atoms with Gasteiger partial charge in [-0.25, -0.2) is 0 Å². The molecule has 2 fully saturated rings. The summed E-state index contributed by atoms with van der Waals surface area (Å²) < 4.78 is 11.4. The molecule has 0 bridgehead atoms. The van der Waals surface area contributed by atoms with Crippen molar-refractivity contribution in [2.24, 2.45) is 5.92 Å². The minimum absolute atomic E-state index is 0. The molecule has 0 amide bonds. The number of ether oxygens (including phenoxy) is 2. The summed E-state index contributed by atoms with van der Waals surface area (Å²) in [6.07, 6.45) is 8.71. The molecule has 2 heterocycles. The molecule has 1 saturated carbocycles. The van der Waals surface area contributed by atoms with Gasteiger partial charge in [0.05, 0.1) is 5.56 Å². The van der Waals surface area contributed by atoms with Gasteiger partial charge in [-0.1, -0.05) is 32.0 Å². The molecule has 1 atom stereocenters. The quantitative estimate of drug-likeness (QED) is 0.620. The Hall–Kier alpha value is -2.41. The lowest BCUT2D eigenvalue weighted by Crippen LogP contribution is -2.36. The lowest BCUT2D eigenvalue weighted by Gasteiger charge is -2.33. The molecule has 1 aliphatic carbocycles. The predicted octanol–water partition coefficient (Wildman–Crippen LogP) is 5.01. The third-order valence-corrected chi connectivity index (χ3v) is 7.05. The van der Waals surface area contributed by atoms with Crippen molar-refractivity contribution >= 4 is 11.5 Å². The third kappa shape index (κ3) is 8.06. The topological polar surface area (TPSA) is 99.3 Å². The van der Waals surface area contributed by atoms with E-state index < -0.39 is 0 Å². The van der Waals surface area contributed by atoms with Crippen molar-refractivity contribution in [2.75, 3.05) is 25.6 Å². The number of benzene rings is 2. The first-order chi connectivity index (χ1) is 16.7. The highest BCUT2D eigenvalue weighted by molar-refractivity contribution is 6.00. The van der Waals surface area contributed by atoms with Gasteiger partial charge in [0.1, 0.15) is 11.9 Å². The fourth-order valence-corrected chi connectivity index (χ4v) is 4.59. The van der Waals surface area contributed by atoms with Gasteiger partial charge in [-0.3, -0.25) is 4.79 Å². The van der Waals surface area contributed by atoms with Crippen molar-refractivity contribution in [3.05, 3.63) is 59.2 Å². The standard InChI is InChI=1S/C16H20O3.C12H17N.CH4O.H2O/c1-2-11-3-4-15-13(9-11)14(17)10-16(19-15)12-5-7-18-8-6-12;1-2-10-6-8-12(9-7-10)13-11-4-3-5-11;1-2;/h3-4,9,12,16H,2,5-8,10H2,1H3;6-9,11,13H,2-5H2,1H3;2H,1H3;1H2. The molecule has 6 heteroatoms. The number of carbonyl (C=O) groups is 1. The van der Waals surface area contributed by atoms with Crippen LogP contribution in [0, 0.1) is 5.92 Å². The highest BCUT2D eigenvalue weighted by Crippen LogP contribution is 2.34. The molecule has 2 aromatic carbocycles. The zero-order valence-corrected chi connectivity index (χ0v) is 21.5. The van der Waals surface area contributed by atoms with Crippen molar-refractivity contribution in [2.45, 2.75) is 77.4 Å². The number of hydrogen-bond acceptors (Lipinski definition) is 5. The second-order valence-corrected chi connectivity index (χ2v) is 9.24. The van der Waals surface area contributed by atoms with Gasteiger partial charge in [-0.2, -0.15) is 0 Å². The van der Waals surface area contributed by atoms with Crippen molar-refractivity contribution < 1.29 is 24.9 Å². The van der Waals surface area contributed by atoms with Crippen LogP contribution in [0.15, 0.2) is 42.5 Å². The lowest BCUT2D eigenvalue weighted by molar-refractivity contribution is 0.0120. The molecule has 2 aliphatic heterocycles. The van der Waals surface area contributed by atoms with Gasteiger partial charge in [0.2, 0.25) is 0 Å². The molecule has 2 aromatic rings. The largest absolute Gasteiger partial charge is 0.489 e. The van der Waals surface area contributed by atoms with E-state index in [1.807, 2.05) is 12.1 Å². The number of nitrogens with one attached hydrogen (secondary N) is 1. The van der Waals surface area contributed by atoms with Crippen LogP contribution in [0.2, 0.25) is 0 Å². The smallest absolute Gasteiger partial charge is 0.170 e. The summed E-state index contributed by atoms with van der Waals surface area (Å²) >= 11 is 0. The first kappa shape index (κ1) is 28.8. The Labute approximate surface area is 210 Å². The van der Waals surface area contributed by atoms with Crippen LogP contribution < -0.4 is 10.1 Å². The number of aliphatic hydroxyl groups is 1. The minimum atomic E-state index is 0. The molecular weight excluding hydrogens is 442 g/mol. The highest BCUT2D eigenvalue weighted by Gasteiger charge is 2.33. The van der Waals surface area contributed by atoms with E-state index >= 15 is 0 Å². The zero-order valence-electron chi connectivity index (χ0n) is 21.5. The van der Waals surface area contributed by atoms with Crippen molar-refractivity contribution in [3.63, 3.8) is 0 Å². The van der Waals surface area contributed by atoms with E-state index in [1.54, 1.807) is 0 Å². The van der Waals surface area contributed by atoms with E-state index in [9.17, 15) is 4.79 Å². The second kappa shape index (κ2) is 14.9. The Kier molecular flexibility index (Phi) is 12.2. The molecule has 0 aromatic heterocycles. The monoisotopic (exact) mass is 485 g/mol. The molecule has 0 spiro atoms. The summed E-state index contributed by atoms with van der Waals surface area (Å²) in [5, 5.41) is 10.5. The Morgan fingerprint density at radius 3 is 2.11 bits per heavy atom. The van der Waals surface area contributed by atoms with Crippen molar-refractivity contribution in [3.8, 4) is 5.75 Å². The van der Waals surface area contributed by atoms with Gasteiger partial charge in [0.15, 0.2) is 5.78 Å². The number of aliphatic hydroxyl groups excluding tert-OH is 1. The maximum Gasteiger partial charge on any atom is 0.170 e. The first-order valence-electron chi connectivity index (χ1n) is 12.9. The Morgan fingerprint density at radius 1 is 0.914 bits per heavy atom. The van der Waals surface area contributed by atoms with Crippen molar-refractivity contribution in [1.29, 1.82) is 0 Å². The number of rotatable bonds is 5. The first-order valence-corrected chi connectivity index (χ1v) is 12.9. The molecular formula is C29H43NO5. The van der Waals surface area contributed by atoms with Gasteiger partial charge < -0.3 is 25.4 Å².